The van der Waals surface area contributed by atoms with E-state index in [1.165, 1.54) is 10.9 Å². The molecule has 2 aromatic heterocycles. The zero-order valence-electron chi connectivity index (χ0n) is 11.9. The van der Waals surface area contributed by atoms with Crippen molar-refractivity contribution in [2.24, 2.45) is 0 Å². The predicted octanol–water partition coefficient (Wildman–Crippen LogP) is 3.68. The molecule has 0 aliphatic carbocycles. The van der Waals surface area contributed by atoms with Gasteiger partial charge < -0.3 is 0 Å². The highest BCUT2D eigenvalue weighted by Crippen LogP contribution is 2.23. The number of nitrogens with zero attached hydrogens (tertiary/aromatic N) is 4. The highest BCUT2D eigenvalue weighted by Gasteiger charge is 2.13. The summed E-state index contributed by atoms with van der Waals surface area (Å²) in [6, 6.07) is 8.36. The number of halogens is 1. The quantitative estimate of drug-likeness (QED) is 0.733. The molecule has 20 heavy (non-hydrogen) atoms. The van der Waals surface area contributed by atoms with Gasteiger partial charge in [0.25, 0.3) is 0 Å². The Balaban J connectivity index is 2.09. The van der Waals surface area contributed by atoms with Crippen molar-refractivity contribution >= 4 is 26.8 Å². The van der Waals surface area contributed by atoms with Gasteiger partial charge in [0, 0.05) is 11.9 Å². The van der Waals surface area contributed by atoms with E-state index in [9.17, 15) is 0 Å². The summed E-state index contributed by atoms with van der Waals surface area (Å²) in [6.45, 7) is 7.77. The first kappa shape index (κ1) is 13.4. The Morgan fingerprint density at radius 1 is 1.10 bits per heavy atom. The van der Waals surface area contributed by atoms with Crippen LogP contribution in [0, 0.1) is 13.8 Å². The molecular weight excluding hydrogens is 316 g/mol. The lowest BCUT2D eigenvalue weighted by atomic mass is 10.2. The summed E-state index contributed by atoms with van der Waals surface area (Å²) < 4.78 is 5.14. The van der Waals surface area contributed by atoms with Crippen LogP contribution in [0.15, 0.2) is 28.7 Å². The lowest BCUT2D eigenvalue weighted by Crippen LogP contribution is -2.06. The van der Waals surface area contributed by atoms with Crippen LogP contribution >= 0.6 is 15.9 Å². The minimum Gasteiger partial charge on any atom is -0.265 e. The highest BCUT2D eigenvalue weighted by atomic mass is 79.9. The summed E-state index contributed by atoms with van der Waals surface area (Å²) in [6.07, 6.45) is 0. The molecule has 0 aliphatic rings. The van der Waals surface area contributed by atoms with Gasteiger partial charge in [0.2, 0.25) is 0 Å². The van der Waals surface area contributed by atoms with E-state index >= 15 is 0 Å². The van der Waals surface area contributed by atoms with Gasteiger partial charge in [-0.1, -0.05) is 18.2 Å². The van der Waals surface area contributed by atoms with Gasteiger partial charge in [-0.25, -0.2) is 0 Å². The maximum Gasteiger partial charge on any atom is 0.0918 e. The van der Waals surface area contributed by atoms with E-state index in [0.717, 1.165) is 28.1 Å². The SMILES string of the molecule is CCn1nc(Cn2nc(C)c(Br)c2C)c2ccccc21. The Hall–Kier alpha value is -1.62. The van der Waals surface area contributed by atoms with Crippen LogP contribution in [0.25, 0.3) is 10.9 Å². The van der Waals surface area contributed by atoms with Gasteiger partial charge in [-0.05, 0) is 42.8 Å². The third-order valence-corrected chi connectivity index (χ3v) is 4.77. The Bertz CT molecular complexity index is 770. The van der Waals surface area contributed by atoms with Gasteiger partial charge in [0.15, 0.2) is 0 Å². The van der Waals surface area contributed by atoms with Crippen molar-refractivity contribution in [1.82, 2.24) is 19.6 Å². The van der Waals surface area contributed by atoms with Gasteiger partial charge in [-0.3, -0.25) is 9.36 Å². The number of para-hydroxylation sites is 1. The fraction of sp³-hybridized carbons (Fsp3) is 0.333. The van der Waals surface area contributed by atoms with Crippen molar-refractivity contribution < 1.29 is 0 Å². The summed E-state index contributed by atoms with van der Waals surface area (Å²) in [5, 5.41) is 10.5. The lowest BCUT2D eigenvalue weighted by molar-refractivity contribution is 0.615. The first-order valence-corrected chi connectivity index (χ1v) is 7.55. The van der Waals surface area contributed by atoms with Gasteiger partial charge in [0.05, 0.1) is 33.6 Å². The van der Waals surface area contributed by atoms with Crippen LogP contribution in [-0.4, -0.2) is 19.6 Å². The van der Waals surface area contributed by atoms with Crippen LogP contribution in [0.2, 0.25) is 0 Å². The summed E-state index contributed by atoms with van der Waals surface area (Å²) in [4.78, 5) is 0. The van der Waals surface area contributed by atoms with Gasteiger partial charge in [-0.2, -0.15) is 10.2 Å². The van der Waals surface area contributed by atoms with Gasteiger partial charge >= 0.3 is 0 Å². The molecule has 1 aromatic carbocycles. The van der Waals surface area contributed by atoms with E-state index in [-0.39, 0.29) is 0 Å². The van der Waals surface area contributed by atoms with E-state index in [1.807, 2.05) is 16.3 Å². The average Bonchev–Trinajstić information content (AvgIpc) is 2.93. The minimum atomic E-state index is 0.700. The first-order valence-electron chi connectivity index (χ1n) is 6.75. The smallest absolute Gasteiger partial charge is 0.0918 e. The highest BCUT2D eigenvalue weighted by molar-refractivity contribution is 9.10. The van der Waals surface area contributed by atoms with E-state index in [4.69, 9.17) is 5.10 Å². The summed E-state index contributed by atoms with van der Waals surface area (Å²) in [5.41, 5.74) is 4.41. The number of fused-ring (bicyclic) bond motifs is 1. The van der Waals surface area contributed by atoms with Crippen molar-refractivity contribution in [1.29, 1.82) is 0 Å². The second kappa shape index (κ2) is 5.05. The fourth-order valence-corrected chi connectivity index (χ4v) is 2.81. The molecule has 0 N–H and O–H groups in total. The molecule has 3 aromatic rings. The summed E-state index contributed by atoms with van der Waals surface area (Å²) in [5.74, 6) is 0. The van der Waals surface area contributed by atoms with Crippen molar-refractivity contribution in [3.63, 3.8) is 0 Å². The molecule has 0 saturated carbocycles. The number of aryl methyl sites for hydroxylation is 2. The van der Waals surface area contributed by atoms with Crippen LogP contribution in [0.3, 0.4) is 0 Å². The van der Waals surface area contributed by atoms with Crippen LogP contribution in [0.4, 0.5) is 0 Å². The topological polar surface area (TPSA) is 35.6 Å². The number of rotatable bonds is 3. The molecule has 0 unspecified atom stereocenters. The zero-order chi connectivity index (χ0) is 14.3. The van der Waals surface area contributed by atoms with E-state index in [2.05, 4.69) is 59.1 Å². The third kappa shape index (κ3) is 2.06. The van der Waals surface area contributed by atoms with Crippen LogP contribution in [0.1, 0.15) is 24.0 Å². The van der Waals surface area contributed by atoms with Gasteiger partial charge in [-0.15, -0.1) is 0 Å². The molecule has 5 heteroatoms. The summed E-state index contributed by atoms with van der Waals surface area (Å²) >= 11 is 3.57. The predicted molar refractivity (Wildman–Crippen MR) is 83.9 cm³/mol. The number of benzene rings is 1. The largest absolute Gasteiger partial charge is 0.265 e. The molecule has 0 amide bonds. The van der Waals surface area contributed by atoms with Crippen molar-refractivity contribution in [3.05, 3.63) is 45.8 Å². The van der Waals surface area contributed by atoms with Crippen LogP contribution < -0.4 is 0 Å². The van der Waals surface area contributed by atoms with Crippen molar-refractivity contribution in [3.8, 4) is 0 Å². The number of hydrogen-bond acceptors (Lipinski definition) is 2. The zero-order valence-corrected chi connectivity index (χ0v) is 13.5. The number of hydrogen-bond donors (Lipinski definition) is 0. The van der Waals surface area contributed by atoms with Crippen molar-refractivity contribution in [2.45, 2.75) is 33.9 Å². The summed E-state index contributed by atoms with van der Waals surface area (Å²) in [7, 11) is 0. The second-order valence-corrected chi connectivity index (χ2v) is 5.72. The molecule has 0 aliphatic heterocycles. The molecule has 0 saturated heterocycles. The average molecular weight is 333 g/mol. The van der Waals surface area contributed by atoms with Crippen molar-refractivity contribution in [2.75, 3.05) is 0 Å². The molecule has 0 atom stereocenters. The standard InChI is InChI=1S/C15H17BrN4/c1-4-19-14-8-6-5-7-12(14)13(18-19)9-20-11(3)15(16)10(2)17-20/h5-8H,4,9H2,1-3H3. The lowest BCUT2D eigenvalue weighted by Gasteiger charge is -2.02. The molecule has 2 heterocycles. The first-order chi connectivity index (χ1) is 9.61. The maximum atomic E-state index is 4.72. The maximum absolute atomic E-state index is 4.72. The van der Waals surface area contributed by atoms with Crippen LogP contribution in [0.5, 0.6) is 0 Å². The Morgan fingerprint density at radius 2 is 1.85 bits per heavy atom. The molecular formula is C15H17BrN4. The molecule has 104 valence electrons. The van der Waals surface area contributed by atoms with Crippen LogP contribution in [-0.2, 0) is 13.1 Å². The minimum absolute atomic E-state index is 0.700. The fourth-order valence-electron chi connectivity index (χ4n) is 2.52. The monoisotopic (exact) mass is 332 g/mol. The van der Waals surface area contributed by atoms with E-state index in [0.29, 0.717) is 6.54 Å². The third-order valence-electron chi connectivity index (χ3n) is 3.63. The van der Waals surface area contributed by atoms with E-state index < -0.39 is 0 Å². The molecule has 0 spiro atoms. The molecule has 0 bridgehead atoms. The molecule has 0 fully saturated rings. The Kier molecular flexibility index (Phi) is 3.38. The van der Waals surface area contributed by atoms with E-state index in [1.54, 1.807) is 0 Å². The molecule has 3 rings (SSSR count). The van der Waals surface area contributed by atoms with Gasteiger partial charge in [0.1, 0.15) is 0 Å². The Morgan fingerprint density at radius 3 is 2.50 bits per heavy atom. The Labute approximate surface area is 126 Å². The molecule has 4 nitrogen and oxygen atoms in total. The number of aromatic nitrogens is 4. The molecule has 0 radical (unpaired) electrons. The second-order valence-electron chi connectivity index (χ2n) is 4.92. The normalized spacial score (nSPS) is 11.4.